The van der Waals surface area contributed by atoms with E-state index in [2.05, 4.69) is 19.2 Å². The molecule has 1 saturated heterocycles. The molecular formula is C40H79NO9. The summed E-state index contributed by atoms with van der Waals surface area (Å²) in [7, 11) is 0. The molecule has 298 valence electrons. The van der Waals surface area contributed by atoms with Crippen LogP contribution >= 0.6 is 0 Å². The van der Waals surface area contributed by atoms with Crippen molar-refractivity contribution in [2.75, 3.05) is 13.2 Å². The Hall–Kier alpha value is -0.850. The van der Waals surface area contributed by atoms with Gasteiger partial charge in [-0.25, -0.2) is 0 Å². The molecule has 1 heterocycles. The van der Waals surface area contributed by atoms with Gasteiger partial charge in [-0.15, -0.1) is 0 Å². The number of unbranched alkanes of at least 4 members (excludes halogenated alkanes) is 23. The van der Waals surface area contributed by atoms with Crippen molar-refractivity contribution < 1.29 is 44.9 Å². The van der Waals surface area contributed by atoms with E-state index in [9.17, 15) is 35.4 Å². The number of carbonyl (C=O) groups is 1. The summed E-state index contributed by atoms with van der Waals surface area (Å²) in [5, 5.41) is 64.9. The van der Waals surface area contributed by atoms with Gasteiger partial charge in [-0.2, -0.15) is 0 Å². The number of rotatable bonds is 34. The van der Waals surface area contributed by atoms with E-state index in [0.29, 0.717) is 6.42 Å². The number of nitrogens with one attached hydrogen (secondary N) is 1. The summed E-state index contributed by atoms with van der Waals surface area (Å²) < 4.78 is 11.1. The van der Waals surface area contributed by atoms with Crippen molar-refractivity contribution in [3.8, 4) is 0 Å². The monoisotopic (exact) mass is 718 g/mol. The molecule has 1 rings (SSSR count). The minimum Gasteiger partial charge on any atom is -0.394 e. The highest BCUT2D eigenvalue weighted by atomic mass is 16.7. The summed E-state index contributed by atoms with van der Waals surface area (Å²) in [4.78, 5) is 12.9. The molecule has 50 heavy (non-hydrogen) atoms. The van der Waals surface area contributed by atoms with E-state index < -0.39 is 55.6 Å². The molecule has 0 spiro atoms. The second-order valence-corrected chi connectivity index (χ2v) is 14.9. The molecule has 10 nitrogen and oxygen atoms in total. The lowest BCUT2D eigenvalue weighted by atomic mass is 9.98. The van der Waals surface area contributed by atoms with E-state index in [0.717, 1.165) is 44.9 Å². The van der Waals surface area contributed by atoms with Crippen LogP contribution in [0.5, 0.6) is 0 Å². The topological polar surface area (TPSA) is 169 Å². The Morgan fingerprint density at radius 3 is 1.48 bits per heavy atom. The first-order valence-corrected chi connectivity index (χ1v) is 20.8. The fourth-order valence-corrected chi connectivity index (χ4v) is 6.84. The van der Waals surface area contributed by atoms with Crippen LogP contribution < -0.4 is 5.32 Å². The number of hydrogen-bond donors (Lipinski definition) is 7. The van der Waals surface area contributed by atoms with Crippen molar-refractivity contribution in [3.05, 3.63) is 0 Å². The molecule has 0 saturated carbocycles. The predicted molar refractivity (Wildman–Crippen MR) is 200 cm³/mol. The zero-order chi connectivity index (χ0) is 36.8. The van der Waals surface area contributed by atoms with Gasteiger partial charge < -0.3 is 45.4 Å². The van der Waals surface area contributed by atoms with Crippen molar-refractivity contribution in [1.29, 1.82) is 0 Å². The van der Waals surface area contributed by atoms with E-state index in [1.54, 1.807) is 0 Å². The maximum Gasteiger partial charge on any atom is 0.220 e. The lowest BCUT2D eigenvalue weighted by Crippen LogP contribution is -2.60. The van der Waals surface area contributed by atoms with Crippen molar-refractivity contribution in [2.24, 2.45) is 0 Å². The fraction of sp³-hybridized carbons (Fsp3) is 0.975. The quantitative estimate of drug-likeness (QED) is 0.0364. The minimum atomic E-state index is -1.60. The third-order valence-corrected chi connectivity index (χ3v) is 10.3. The van der Waals surface area contributed by atoms with Gasteiger partial charge >= 0.3 is 0 Å². The number of carbonyl (C=O) groups excluding carboxylic acids is 1. The molecule has 1 amide bonds. The average Bonchev–Trinajstić information content (AvgIpc) is 3.11. The largest absolute Gasteiger partial charge is 0.394 e. The third kappa shape index (κ3) is 22.3. The number of hydrogen-bond acceptors (Lipinski definition) is 9. The summed E-state index contributed by atoms with van der Waals surface area (Å²) in [6.45, 7) is 3.58. The van der Waals surface area contributed by atoms with Crippen LogP contribution in [0, 0.1) is 0 Å². The lowest BCUT2D eigenvalue weighted by Gasteiger charge is -2.40. The van der Waals surface area contributed by atoms with E-state index in [4.69, 9.17) is 9.47 Å². The molecular weight excluding hydrogens is 638 g/mol. The molecule has 0 bridgehead atoms. The highest BCUT2D eigenvalue weighted by Gasteiger charge is 2.44. The molecule has 0 aromatic heterocycles. The molecule has 0 aliphatic carbocycles. The maximum absolute atomic E-state index is 12.9. The first kappa shape index (κ1) is 47.2. The van der Waals surface area contributed by atoms with Crippen molar-refractivity contribution in [2.45, 2.75) is 236 Å². The van der Waals surface area contributed by atoms with Gasteiger partial charge in [0.1, 0.15) is 30.5 Å². The Morgan fingerprint density at radius 1 is 0.620 bits per heavy atom. The molecule has 7 N–H and O–H groups in total. The maximum atomic E-state index is 12.9. The van der Waals surface area contributed by atoms with E-state index in [1.807, 2.05) is 0 Å². The third-order valence-electron chi connectivity index (χ3n) is 10.3. The van der Waals surface area contributed by atoms with Crippen LogP contribution in [0.15, 0.2) is 0 Å². The van der Waals surface area contributed by atoms with Gasteiger partial charge in [0.05, 0.1) is 25.4 Å². The number of amides is 1. The first-order chi connectivity index (χ1) is 24.3. The Morgan fingerprint density at radius 2 is 1.04 bits per heavy atom. The Kier molecular flexibility index (Phi) is 29.9. The van der Waals surface area contributed by atoms with Crippen LogP contribution in [-0.4, -0.2) is 98.7 Å². The van der Waals surface area contributed by atoms with E-state index in [1.165, 1.54) is 116 Å². The molecule has 0 aromatic carbocycles. The zero-order valence-electron chi connectivity index (χ0n) is 32.0. The normalized spacial score (nSPS) is 22.8. The first-order valence-electron chi connectivity index (χ1n) is 20.8. The molecule has 10 heteroatoms. The molecule has 1 fully saturated rings. The molecule has 2 unspecified atom stereocenters. The van der Waals surface area contributed by atoms with Crippen molar-refractivity contribution in [3.63, 3.8) is 0 Å². The highest BCUT2D eigenvalue weighted by Crippen LogP contribution is 2.23. The zero-order valence-corrected chi connectivity index (χ0v) is 32.0. The summed E-state index contributed by atoms with van der Waals surface area (Å²) in [6.07, 6.45) is 21.1. The Bertz CT molecular complexity index is 773. The van der Waals surface area contributed by atoms with Crippen LogP contribution in [-0.2, 0) is 14.3 Å². The summed E-state index contributed by atoms with van der Waals surface area (Å²) in [5.74, 6) is -0.259. The second kappa shape index (κ2) is 31.7. The number of aliphatic hydroxyl groups excluding tert-OH is 6. The van der Waals surface area contributed by atoms with E-state index >= 15 is 0 Å². The smallest absolute Gasteiger partial charge is 0.220 e. The number of ether oxygens (including phenoxy) is 2. The predicted octanol–water partition coefficient (Wildman–Crippen LogP) is 6.58. The molecule has 0 radical (unpaired) electrons. The Labute approximate surface area is 305 Å². The van der Waals surface area contributed by atoms with Gasteiger partial charge in [-0.05, 0) is 12.8 Å². The standard InChI is InChI=1S/C40H79NO9/c1-3-5-7-9-11-13-15-16-17-18-19-20-22-24-26-28-33(43)36(45)32(31-49-40-39(48)38(47)37(46)34(30-42)50-40)41-35(44)29-27-25-23-21-14-12-10-8-6-4-2/h32-34,36-40,42-43,45-48H,3-31H2,1-2H3,(H,41,44)/t32-,33+,34+,36-,37-,38?,39?,40+/m0/s1. The van der Waals surface area contributed by atoms with Crippen LogP contribution in [0.4, 0.5) is 0 Å². The van der Waals surface area contributed by atoms with Crippen molar-refractivity contribution >= 4 is 5.91 Å². The van der Waals surface area contributed by atoms with Gasteiger partial charge in [0.25, 0.3) is 0 Å². The lowest BCUT2D eigenvalue weighted by molar-refractivity contribution is -0.303. The van der Waals surface area contributed by atoms with Gasteiger partial charge in [0, 0.05) is 6.42 Å². The van der Waals surface area contributed by atoms with Crippen LogP contribution in [0.2, 0.25) is 0 Å². The van der Waals surface area contributed by atoms with Crippen LogP contribution in [0.1, 0.15) is 187 Å². The summed E-state index contributed by atoms with van der Waals surface area (Å²) in [6, 6.07) is -0.982. The SMILES string of the molecule is CCCCCCCCCCCCCCCCC[C@@H](O)[C@@H](O)[C@H](CO[C@@H]1O[C@H](CO)[C@H](O)C(O)C1O)NC(=O)CCCCCCCCCCCC. The minimum absolute atomic E-state index is 0.259. The van der Waals surface area contributed by atoms with Gasteiger partial charge in [-0.1, -0.05) is 168 Å². The molecule has 0 aromatic rings. The van der Waals surface area contributed by atoms with Gasteiger partial charge in [0.15, 0.2) is 6.29 Å². The van der Waals surface area contributed by atoms with E-state index in [-0.39, 0.29) is 18.9 Å². The van der Waals surface area contributed by atoms with Crippen LogP contribution in [0.25, 0.3) is 0 Å². The fourth-order valence-electron chi connectivity index (χ4n) is 6.84. The van der Waals surface area contributed by atoms with Crippen molar-refractivity contribution in [1.82, 2.24) is 5.32 Å². The molecule has 1 aliphatic heterocycles. The van der Waals surface area contributed by atoms with Gasteiger partial charge in [-0.3, -0.25) is 4.79 Å². The average molecular weight is 718 g/mol. The highest BCUT2D eigenvalue weighted by molar-refractivity contribution is 5.76. The second-order valence-electron chi connectivity index (χ2n) is 14.9. The number of aliphatic hydroxyl groups is 6. The van der Waals surface area contributed by atoms with Gasteiger partial charge in [0.2, 0.25) is 5.91 Å². The Balaban J connectivity index is 2.44. The summed E-state index contributed by atoms with van der Waals surface area (Å²) >= 11 is 0. The van der Waals surface area contributed by atoms with Crippen LogP contribution in [0.3, 0.4) is 0 Å². The molecule has 8 atom stereocenters. The summed E-state index contributed by atoms with van der Waals surface area (Å²) in [5.41, 5.74) is 0. The molecule has 1 aliphatic rings.